The highest BCUT2D eigenvalue weighted by molar-refractivity contribution is 9.10. The quantitative estimate of drug-likeness (QED) is 0.449. The number of hydrogen-bond donors (Lipinski definition) is 0. The Bertz CT molecular complexity index is 1320. The minimum Gasteiger partial charge on any atom is -0.450 e. The van der Waals surface area contributed by atoms with Crippen molar-refractivity contribution in [3.8, 4) is 0 Å². The van der Waals surface area contributed by atoms with Crippen LogP contribution >= 0.6 is 27.3 Å². The van der Waals surface area contributed by atoms with E-state index in [1.807, 2.05) is 6.92 Å². The largest absolute Gasteiger partial charge is 0.450 e. The molecule has 5 rings (SSSR count). The zero-order valence-electron chi connectivity index (χ0n) is 15.1. The van der Waals surface area contributed by atoms with Crippen LogP contribution in [0.4, 0.5) is 5.13 Å². The first-order valence-electron chi connectivity index (χ1n) is 8.90. The summed E-state index contributed by atoms with van der Waals surface area (Å²) in [5.41, 5.74) is 1.19. The van der Waals surface area contributed by atoms with E-state index in [1.165, 1.54) is 16.2 Å². The fourth-order valence-electron chi connectivity index (χ4n) is 3.49. The first-order chi connectivity index (χ1) is 14.1. The number of carbonyl (C=O) groups excluding carboxylic acids is 1. The van der Waals surface area contributed by atoms with Gasteiger partial charge in [0.1, 0.15) is 10.6 Å². The first kappa shape index (κ1) is 18.1. The Hall–Kier alpha value is -2.91. The summed E-state index contributed by atoms with van der Waals surface area (Å²) in [6.07, 6.45) is 3.97. The number of amides is 1. The summed E-state index contributed by atoms with van der Waals surface area (Å²) in [6, 6.07) is 8.07. The summed E-state index contributed by atoms with van der Waals surface area (Å²) >= 11 is 4.73. The van der Waals surface area contributed by atoms with Gasteiger partial charge in [-0.05, 0) is 42.3 Å². The number of rotatable bonds is 3. The molecule has 0 bridgehead atoms. The molecular weight excluding hydrogens is 456 g/mol. The predicted molar refractivity (Wildman–Crippen MR) is 112 cm³/mol. The molecule has 0 saturated carbocycles. The standard InChI is InChI=1S/C20H13BrN4O3S/c1-2-14-23-24-20(29-14)25-16(10-5-7-22-8-6-10)15-17(26)12-9-11(21)3-4-13(12)28-18(15)19(25)27/h3-9,16H,2H2,1H3. The van der Waals surface area contributed by atoms with Crippen LogP contribution in [0, 0.1) is 0 Å². The summed E-state index contributed by atoms with van der Waals surface area (Å²) in [5.74, 6) is -0.359. The Morgan fingerprint density at radius 1 is 1.17 bits per heavy atom. The molecule has 0 radical (unpaired) electrons. The highest BCUT2D eigenvalue weighted by Crippen LogP contribution is 2.42. The minimum absolute atomic E-state index is 0.0416. The molecule has 3 aromatic heterocycles. The number of fused-ring (bicyclic) bond motifs is 2. The molecule has 29 heavy (non-hydrogen) atoms. The first-order valence-corrected chi connectivity index (χ1v) is 10.5. The van der Waals surface area contributed by atoms with E-state index in [9.17, 15) is 9.59 Å². The number of aryl methyl sites for hydroxylation is 1. The van der Waals surface area contributed by atoms with Gasteiger partial charge >= 0.3 is 0 Å². The van der Waals surface area contributed by atoms with Crippen molar-refractivity contribution in [3.63, 3.8) is 0 Å². The molecule has 4 heterocycles. The third-order valence-electron chi connectivity index (χ3n) is 4.82. The van der Waals surface area contributed by atoms with Crippen molar-refractivity contribution in [2.75, 3.05) is 4.90 Å². The Labute approximate surface area is 177 Å². The van der Waals surface area contributed by atoms with Gasteiger partial charge in [-0.3, -0.25) is 19.5 Å². The molecule has 4 aromatic rings. The second-order valence-corrected chi connectivity index (χ2v) is 8.46. The third kappa shape index (κ3) is 2.80. The summed E-state index contributed by atoms with van der Waals surface area (Å²) < 4.78 is 6.68. The van der Waals surface area contributed by atoms with Gasteiger partial charge in [-0.15, -0.1) is 10.2 Å². The SMILES string of the molecule is CCc1nnc(N2C(=O)c3oc4ccc(Br)cc4c(=O)c3C2c2ccncc2)s1. The lowest BCUT2D eigenvalue weighted by molar-refractivity contribution is 0.0970. The highest BCUT2D eigenvalue weighted by atomic mass is 79.9. The van der Waals surface area contributed by atoms with E-state index < -0.39 is 11.9 Å². The van der Waals surface area contributed by atoms with Gasteiger partial charge in [-0.2, -0.15) is 0 Å². The summed E-state index contributed by atoms with van der Waals surface area (Å²) in [7, 11) is 0. The van der Waals surface area contributed by atoms with Gasteiger partial charge in [-0.1, -0.05) is 34.2 Å². The van der Waals surface area contributed by atoms with Crippen molar-refractivity contribution in [1.82, 2.24) is 15.2 Å². The molecule has 9 heteroatoms. The van der Waals surface area contributed by atoms with Crippen LogP contribution in [0.2, 0.25) is 0 Å². The third-order valence-corrected chi connectivity index (χ3v) is 6.38. The maximum atomic E-state index is 13.4. The topological polar surface area (TPSA) is 89.2 Å². The zero-order valence-corrected chi connectivity index (χ0v) is 17.5. The van der Waals surface area contributed by atoms with Crippen molar-refractivity contribution < 1.29 is 9.21 Å². The molecule has 7 nitrogen and oxygen atoms in total. The fraction of sp³-hybridized carbons (Fsp3) is 0.150. The van der Waals surface area contributed by atoms with Crippen LogP contribution in [0.25, 0.3) is 11.0 Å². The van der Waals surface area contributed by atoms with E-state index in [-0.39, 0.29) is 11.2 Å². The van der Waals surface area contributed by atoms with Crippen molar-refractivity contribution >= 4 is 49.3 Å². The molecule has 1 unspecified atom stereocenters. The van der Waals surface area contributed by atoms with Gasteiger partial charge in [0.15, 0.2) is 5.43 Å². The maximum Gasteiger partial charge on any atom is 0.297 e. The number of halogens is 1. The average Bonchev–Trinajstić information content (AvgIpc) is 3.32. The molecular formula is C20H13BrN4O3S. The number of benzene rings is 1. The van der Waals surface area contributed by atoms with E-state index in [0.29, 0.717) is 28.1 Å². The van der Waals surface area contributed by atoms with Crippen LogP contribution in [0.3, 0.4) is 0 Å². The Morgan fingerprint density at radius 2 is 1.97 bits per heavy atom. The lowest BCUT2D eigenvalue weighted by atomic mass is 10.00. The monoisotopic (exact) mass is 468 g/mol. The van der Waals surface area contributed by atoms with Gasteiger partial charge < -0.3 is 4.42 Å². The summed E-state index contributed by atoms with van der Waals surface area (Å²) in [4.78, 5) is 32.3. The molecule has 144 valence electrons. The predicted octanol–water partition coefficient (Wildman–Crippen LogP) is 4.11. The normalized spacial score (nSPS) is 15.9. The molecule has 1 amide bonds. The molecule has 0 saturated heterocycles. The van der Waals surface area contributed by atoms with Crippen molar-refractivity contribution in [1.29, 1.82) is 0 Å². The second-order valence-electron chi connectivity index (χ2n) is 6.50. The smallest absolute Gasteiger partial charge is 0.297 e. The van der Waals surface area contributed by atoms with Gasteiger partial charge in [0.25, 0.3) is 5.91 Å². The number of aromatic nitrogens is 3. The molecule has 0 aliphatic carbocycles. The van der Waals surface area contributed by atoms with Gasteiger partial charge in [0.2, 0.25) is 10.9 Å². The molecule has 1 aromatic carbocycles. The van der Waals surface area contributed by atoms with Gasteiger partial charge in [0, 0.05) is 16.9 Å². The number of hydrogen-bond acceptors (Lipinski definition) is 7. The van der Waals surface area contributed by atoms with E-state index in [0.717, 1.165) is 15.0 Å². The van der Waals surface area contributed by atoms with Crippen molar-refractivity contribution in [3.05, 3.63) is 79.3 Å². The minimum atomic E-state index is -0.655. The average molecular weight is 469 g/mol. The lowest BCUT2D eigenvalue weighted by Crippen LogP contribution is -2.29. The van der Waals surface area contributed by atoms with E-state index in [2.05, 4.69) is 31.1 Å². The van der Waals surface area contributed by atoms with E-state index in [1.54, 1.807) is 42.7 Å². The molecule has 0 fully saturated rings. The molecule has 1 aliphatic heterocycles. The second kappa shape index (κ2) is 6.85. The van der Waals surface area contributed by atoms with Crippen LogP contribution in [0.5, 0.6) is 0 Å². The number of nitrogens with zero attached hydrogens (tertiary/aromatic N) is 4. The van der Waals surface area contributed by atoms with Gasteiger partial charge in [0.05, 0.1) is 17.0 Å². The number of carbonyl (C=O) groups is 1. The summed E-state index contributed by atoms with van der Waals surface area (Å²) in [5, 5.41) is 10.0. The van der Waals surface area contributed by atoms with Gasteiger partial charge in [-0.25, -0.2) is 0 Å². The Kier molecular flexibility index (Phi) is 4.29. The Morgan fingerprint density at radius 3 is 2.69 bits per heavy atom. The van der Waals surface area contributed by atoms with Crippen LogP contribution in [0.15, 0.2) is 56.4 Å². The van der Waals surface area contributed by atoms with Crippen LogP contribution < -0.4 is 10.3 Å². The fourth-order valence-corrected chi connectivity index (χ4v) is 4.65. The lowest BCUT2D eigenvalue weighted by Gasteiger charge is -2.21. The van der Waals surface area contributed by atoms with Crippen molar-refractivity contribution in [2.45, 2.75) is 19.4 Å². The van der Waals surface area contributed by atoms with E-state index >= 15 is 0 Å². The maximum absolute atomic E-state index is 13.4. The van der Waals surface area contributed by atoms with E-state index in [4.69, 9.17) is 4.42 Å². The summed E-state index contributed by atoms with van der Waals surface area (Å²) in [6.45, 7) is 1.97. The van der Waals surface area contributed by atoms with Crippen LogP contribution in [-0.2, 0) is 6.42 Å². The number of anilines is 1. The highest BCUT2D eigenvalue weighted by Gasteiger charge is 2.45. The van der Waals surface area contributed by atoms with Crippen LogP contribution in [0.1, 0.15) is 39.7 Å². The molecule has 0 N–H and O–H groups in total. The van der Waals surface area contributed by atoms with Crippen molar-refractivity contribution in [2.24, 2.45) is 0 Å². The number of pyridine rings is 1. The Balaban J connectivity index is 1.81. The van der Waals surface area contributed by atoms with Crippen LogP contribution in [-0.4, -0.2) is 21.1 Å². The molecule has 0 spiro atoms. The molecule has 1 aliphatic rings. The molecule has 1 atom stereocenters. The zero-order chi connectivity index (χ0) is 20.1.